The maximum Gasteiger partial charge on any atom is 0.342 e. The predicted octanol–water partition coefficient (Wildman–Crippen LogP) is 5.04. The van der Waals surface area contributed by atoms with E-state index in [9.17, 15) is 19.5 Å². The fourth-order valence-electron chi connectivity index (χ4n) is 4.93. The van der Waals surface area contributed by atoms with Crippen LogP contribution in [0, 0.1) is 0 Å². The van der Waals surface area contributed by atoms with Crippen LogP contribution < -0.4 is 14.2 Å². The SMILES string of the molecule is C[C@H]1CCCC(=O)CCC/C=C/c2cc3c(c(O)c2C(=O)O1)[C@@H](c1ccc2c(c1)OCO2)CC(=O)O3. The van der Waals surface area contributed by atoms with Crippen molar-refractivity contribution in [2.75, 3.05) is 6.79 Å². The van der Waals surface area contributed by atoms with Crippen molar-refractivity contribution < 1.29 is 38.4 Å². The largest absolute Gasteiger partial charge is 0.507 e. The summed E-state index contributed by atoms with van der Waals surface area (Å²) >= 11 is 0. The number of carbonyl (C=O) groups excluding carboxylic acids is 3. The number of ether oxygens (including phenoxy) is 4. The lowest BCUT2D eigenvalue weighted by Gasteiger charge is -2.27. The van der Waals surface area contributed by atoms with Crippen molar-refractivity contribution in [3.05, 3.63) is 52.6 Å². The second-order valence-electron chi connectivity index (χ2n) is 9.39. The first kappa shape index (κ1) is 23.9. The summed E-state index contributed by atoms with van der Waals surface area (Å²) in [6, 6.07) is 6.95. The van der Waals surface area contributed by atoms with Crippen molar-refractivity contribution in [2.45, 2.75) is 63.9 Å². The van der Waals surface area contributed by atoms with Crippen molar-refractivity contribution in [2.24, 2.45) is 0 Å². The summed E-state index contributed by atoms with van der Waals surface area (Å²) in [7, 11) is 0. The molecule has 36 heavy (non-hydrogen) atoms. The molecule has 2 aromatic carbocycles. The molecule has 1 N–H and O–H groups in total. The van der Waals surface area contributed by atoms with Gasteiger partial charge in [0, 0.05) is 24.3 Å². The molecule has 2 aromatic rings. The topological polar surface area (TPSA) is 108 Å². The zero-order valence-corrected chi connectivity index (χ0v) is 20.1. The second-order valence-corrected chi connectivity index (χ2v) is 9.39. The molecule has 0 radical (unpaired) electrons. The number of esters is 2. The second kappa shape index (κ2) is 10.0. The van der Waals surface area contributed by atoms with Gasteiger partial charge >= 0.3 is 11.9 Å². The smallest absolute Gasteiger partial charge is 0.342 e. The van der Waals surface area contributed by atoms with Gasteiger partial charge in [0.05, 0.1) is 12.5 Å². The molecule has 188 valence electrons. The zero-order chi connectivity index (χ0) is 25.2. The van der Waals surface area contributed by atoms with E-state index in [1.54, 1.807) is 31.2 Å². The first-order valence-electron chi connectivity index (χ1n) is 12.3. The minimum absolute atomic E-state index is 0.00565. The summed E-state index contributed by atoms with van der Waals surface area (Å²) in [6.45, 7) is 1.89. The zero-order valence-electron chi connectivity index (χ0n) is 20.1. The van der Waals surface area contributed by atoms with Crippen LogP contribution in [0.1, 0.15) is 84.8 Å². The Morgan fingerprint density at radius 2 is 1.78 bits per heavy atom. The first-order valence-corrected chi connectivity index (χ1v) is 12.3. The number of ketones is 1. The molecule has 0 spiro atoms. The molecule has 0 bridgehead atoms. The van der Waals surface area contributed by atoms with E-state index in [-0.39, 0.29) is 36.1 Å². The van der Waals surface area contributed by atoms with Crippen molar-refractivity contribution in [3.8, 4) is 23.0 Å². The third kappa shape index (κ3) is 4.80. The van der Waals surface area contributed by atoms with Crippen molar-refractivity contribution in [1.29, 1.82) is 0 Å². The van der Waals surface area contributed by atoms with Crippen LogP contribution in [0.3, 0.4) is 0 Å². The molecule has 0 saturated heterocycles. The summed E-state index contributed by atoms with van der Waals surface area (Å²) < 4.78 is 22.1. The maximum atomic E-state index is 13.3. The number of Topliss-reactive ketones (excluding diaryl/α,β-unsaturated/α-hetero) is 1. The Labute approximate surface area is 208 Å². The van der Waals surface area contributed by atoms with Crippen molar-refractivity contribution >= 4 is 23.8 Å². The number of phenols is 1. The third-order valence-corrected chi connectivity index (χ3v) is 6.78. The Kier molecular flexibility index (Phi) is 6.67. The van der Waals surface area contributed by atoms with Gasteiger partial charge < -0.3 is 24.1 Å². The molecule has 8 heteroatoms. The molecule has 2 atom stereocenters. The van der Waals surface area contributed by atoms with Crippen LogP contribution in [-0.2, 0) is 14.3 Å². The van der Waals surface area contributed by atoms with Crippen molar-refractivity contribution in [1.82, 2.24) is 0 Å². The number of hydrogen-bond acceptors (Lipinski definition) is 8. The van der Waals surface area contributed by atoms with E-state index in [0.29, 0.717) is 61.2 Å². The van der Waals surface area contributed by atoms with E-state index >= 15 is 0 Å². The number of aromatic hydroxyl groups is 1. The molecule has 3 heterocycles. The van der Waals surface area contributed by atoms with Gasteiger partial charge in [-0.3, -0.25) is 9.59 Å². The fraction of sp³-hybridized carbons (Fsp3) is 0.393. The summed E-state index contributed by atoms with van der Waals surface area (Å²) in [5.74, 6) is -0.345. The van der Waals surface area contributed by atoms with E-state index < -0.39 is 24.0 Å². The number of cyclic esters (lactones) is 1. The van der Waals surface area contributed by atoms with Crippen LogP contribution in [0.4, 0.5) is 0 Å². The van der Waals surface area contributed by atoms with Crippen molar-refractivity contribution in [3.63, 3.8) is 0 Å². The van der Waals surface area contributed by atoms with Gasteiger partial charge in [-0.1, -0.05) is 18.2 Å². The van der Waals surface area contributed by atoms with E-state index in [4.69, 9.17) is 18.9 Å². The highest BCUT2D eigenvalue weighted by atomic mass is 16.7. The Bertz CT molecular complexity index is 1240. The Hall–Kier alpha value is -3.81. The van der Waals surface area contributed by atoms with Crippen LogP contribution in [0.15, 0.2) is 30.3 Å². The summed E-state index contributed by atoms with van der Waals surface area (Å²) in [5, 5.41) is 11.5. The first-order chi connectivity index (χ1) is 17.4. The van der Waals surface area contributed by atoms with Gasteiger partial charge in [0.15, 0.2) is 11.5 Å². The number of benzene rings is 2. The van der Waals surface area contributed by atoms with Crippen LogP contribution in [-0.4, -0.2) is 35.7 Å². The molecule has 0 fully saturated rings. The summed E-state index contributed by atoms with van der Waals surface area (Å²) in [4.78, 5) is 37.9. The number of phenolic OH excluding ortho intramolecular Hbond substituents is 1. The molecule has 0 amide bonds. The van der Waals surface area contributed by atoms with Crippen LogP contribution in [0.5, 0.6) is 23.0 Å². The number of hydrogen-bond donors (Lipinski definition) is 1. The van der Waals surface area contributed by atoms with E-state index in [0.717, 1.165) is 5.56 Å². The molecular weight excluding hydrogens is 464 g/mol. The lowest BCUT2D eigenvalue weighted by Crippen LogP contribution is -2.23. The number of rotatable bonds is 1. The Morgan fingerprint density at radius 1 is 0.972 bits per heavy atom. The Morgan fingerprint density at radius 3 is 2.64 bits per heavy atom. The highest BCUT2D eigenvalue weighted by Gasteiger charge is 2.36. The average molecular weight is 493 g/mol. The highest BCUT2D eigenvalue weighted by molar-refractivity contribution is 5.98. The standard InChI is InChI=1S/C28H28O8/c1-16-6-5-9-19(29)8-4-2-3-7-18-13-23-26(27(31)25(18)28(32)35-16)20(14-24(30)36-23)17-10-11-21-22(12-17)34-15-33-21/h3,7,10-13,16,20,31H,2,4-6,8-9,14-15H2,1H3/b7-3+/t16-,20+/m0/s1. The molecule has 0 unspecified atom stereocenters. The van der Waals surface area contributed by atoms with Crippen LogP contribution in [0.25, 0.3) is 6.08 Å². The summed E-state index contributed by atoms with van der Waals surface area (Å²) in [6.07, 6.45) is 6.59. The van der Waals surface area contributed by atoms with Crippen LogP contribution >= 0.6 is 0 Å². The van der Waals surface area contributed by atoms with E-state index in [2.05, 4.69) is 0 Å². The molecule has 8 nitrogen and oxygen atoms in total. The highest BCUT2D eigenvalue weighted by Crippen LogP contribution is 2.48. The molecule has 0 saturated carbocycles. The van der Waals surface area contributed by atoms with Gasteiger partial charge in [-0.2, -0.15) is 0 Å². The molecular formula is C28H28O8. The molecule has 0 aromatic heterocycles. The van der Waals surface area contributed by atoms with Gasteiger partial charge in [0.25, 0.3) is 0 Å². The van der Waals surface area contributed by atoms with Gasteiger partial charge in [0.2, 0.25) is 6.79 Å². The molecule has 3 aliphatic rings. The van der Waals surface area contributed by atoms with Gasteiger partial charge in [0.1, 0.15) is 22.8 Å². The fourth-order valence-corrected chi connectivity index (χ4v) is 4.93. The number of allylic oxidation sites excluding steroid dienone is 1. The minimum Gasteiger partial charge on any atom is -0.507 e. The maximum absolute atomic E-state index is 13.3. The monoisotopic (exact) mass is 492 g/mol. The third-order valence-electron chi connectivity index (χ3n) is 6.78. The van der Waals surface area contributed by atoms with Crippen LogP contribution in [0.2, 0.25) is 0 Å². The van der Waals surface area contributed by atoms with E-state index in [1.807, 2.05) is 12.1 Å². The van der Waals surface area contributed by atoms with Gasteiger partial charge in [-0.25, -0.2) is 4.79 Å². The lowest BCUT2D eigenvalue weighted by atomic mass is 9.83. The predicted molar refractivity (Wildman–Crippen MR) is 129 cm³/mol. The normalized spacial score (nSPS) is 23.1. The number of carbonyl (C=O) groups is 3. The quantitative estimate of drug-likeness (QED) is 0.436. The summed E-state index contributed by atoms with van der Waals surface area (Å²) in [5.41, 5.74) is 1.52. The van der Waals surface area contributed by atoms with Gasteiger partial charge in [-0.15, -0.1) is 0 Å². The molecule has 0 aliphatic carbocycles. The minimum atomic E-state index is -0.660. The lowest BCUT2D eigenvalue weighted by molar-refractivity contribution is -0.135. The van der Waals surface area contributed by atoms with Gasteiger partial charge in [-0.05, 0) is 61.9 Å². The average Bonchev–Trinajstić information content (AvgIpc) is 3.30. The molecule has 5 rings (SSSR count). The Balaban J connectivity index is 1.59. The number of fused-ring (bicyclic) bond motifs is 3. The molecule has 3 aliphatic heterocycles. The van der Waals surface area contributed by atoms with E-state index in [1.165, 1.54) is 0 Å².